The Morgan fingerprint density at radius 3 is 3.13 bits per heavy atom. The number of nitrogens with zero attached hydrogens (tertiary/aromatic N) is 3. The maximum absolute atomic E-state index is 5.53. The van der Waals surface area contributed by atoms with Crippen molar-refractivity contribution in [1.29, 1.82) is 0 Å². The Kier molecular flexibility index (Phi) is 3.33. The molecule has 1 atom stereocenters. The number of aromatic nitrogens is 3. The molecule has 0 saturated carbocycles. The lowest BCUT2D eigenvalue weighted by Crippen LogP contribution is -2.12. The van der Waals surface area contributed by atoms with Crippen molar-refractivity contribution < 1.29 is 9.47 Å². The Hall–Kier alpha value is -0.940. The first-order valence-corrected chi connectivity index (χ1v) is 5.44. The van der Waals surface area contributed by atoms with Crippen LogP contribution in [0.2, 0.25) is 0 Å². The van der Waals surface area contributed by atoms with Gasteiger partial charge in [-0.1, -0.05) is 0 Å². The molecule has 0 fully saturated rings. The van der Waals surface area contributed by atoms with Crippen LogP contribution in [0.15, 0.2) is 0 Å². The Morgan fingerprint density at radius 1 is 1.47 bits per heavy atom. The predicted octanol–water partition coefficient (Wildman–Crippen LogP) is 0.948. The van der Waals surface area contributed by atoms with Gasteiger partial charge in [-0.2, -0.15) is 0 Å². The first-order valence-electron chi connectivity index (χ1n) is 5.44. The van der Waals surface area contributed by atoms with Crippen molar-refractivity contribution in [3.05, 3.63) is 11.6 Å². The molecule has 5 heteroatoms. The van der Waals surface area contributed by atoms with Crippen molar-refractivity contribution >= 4 is 0 Å². The standard InChI is InChI=1S/C10H17N3O2/c1-3-15-8(2)10-12-11-9-4-6-14-7-5-13(9)10/h8H,3-7H2,1-2H3. The molecule has 0 spiro atoms. The number of fused-ring (bicyclic) bond motifs is 1. The van der Waals surface area contributed by atoms with E-state index >= 15 is 0 Å². The molecular formula is C10H17N3O2. The second kappa shape index (κ2) is 4.72. The number of ether oxygens (including phenoxy) is 2. The number of hydrogen-bond acceptors (Lipinski definition) is 4. The van der Waals surface area contributed by atoms with Gasteiger partial charge in [0.15, 0.2) is 5.82 Å². The molecule has 1 aromatic rings. The van der Waals surface area contributed by atoms with Crippen LogP contribution in [0.4, 0.5) is 0 Å². The molecular weight excluding hydrogens is 194 g/mol. The largest absolute Gasteiger partial charge is 0.379 e. The van der Waals surface area contributed by atoms with Crippen molar-refractivity contribution in [3.8, 4) is 0 Å². The Labute approximate surface area is 89.4 Å². The molecule has 2 rings (SSSR count). The van der Waals surface area contributed by atoms with E-state index in [1.165, 1.54) is 0 Å². The predicted molar refractivity (Wildman–Crippen MR) is 54.6 cm³/mol. The van der Waals surface area contributed by atoms with Gasteiger partial charge in [0, 0.05) is 19.6 Å². The summed E-state index contributed by atoms with van der Waals surface area (Å²) in [6.07, 6.45) is 0.848. The van der Waals surface area contributed by atoms with Crippen LogP contribution in [0.25, 0.3) is 0 Å². The fourth-order valence-electron chi connectivity index (χ4n) is 1.82. The van der Waals surface area contributed by atoms with E-state index in [9.17, 15) is 0 Å². The summed E-state index contributed by atoms with van der Waals surface area (Å²) in [7, 11) is 0. The summed E-state index contributed by atoms with van der Waals surface area (Å²) >= 11 is 0. The summed E-state index contributed by atoms with van der Waals surface area (Å²) in [5, 5.41) is 8.36. The second-order valence-corrected chi connectivity index (χ2v) is 3.59. The Bertz CT molecular complexity index is 324. The molecule has 0 bridgehead atoms. The van der Waals surface area contributed by atoms with E-state index in [-0.39, 0.29) is 6.10 Å². The lowest BCUT2D eigenvalue weighted by molar-refractivity contribution is 0.0658. The van der Waals surface area contributed by atoms with Gasteiger partial charge in [0.1, 0.15) is 11.9 Å². The molecule has 0 aromatic carbocycles. The van der Waals surface area contributed by atoms with Crippen LogP contribution < -0.4 is 0 Å². The molecule has 1 aliphatic heterocycles. The van der Waals surface area contributed by atoms with Crippen LogP contribution in [0.5, 0.6) is 0 Å². The zero-order chi connectivity index (χ0) is 10.7. The topological polar surface area (TPSA) is 49.2 Å². The highest BCUT2D eigenvalue weighted by Gasteiger charge is 2.19. The van der Waals surface area contributed by atoms with Gasteiger partial charge >= 0.3 is 0 Å². The number of hydrogen-bond donors (Lipinski definition) is 0. The van der Waals surface area contributed by atoms with Gasteiger partial charge in [0.25, 0.3) is 0 Å². The van der Waals surface area contributed by atoms with Crippen LogP contribution in [0.1, 0.15) is 31.6 Å². The molecule has 0 saturated heterocycles. The van der Waals surface area contributed by atoms with E-state index in [0.29, 0.717) is 6.61 Å². The van der Waals surface area contributed by atoms with Gasteiger partial charge in [0.2, 0.25) is 0 Å². The average molecular weight is 211 g/mol. The molecule has 0 N–H and O–H groups in total. The van der Waals surface area contributed by atoms with Gasteiger partial charge in [-0.05, 0) is 13.8 Å². The van der Waals surface area contributed by atoms with Crippen molar-refractivity contribution in [2.75, 3.05) is 19.8 Å². The first-order chi connectivity index (χ1) is 7.33. The maximum atomic E-state index is 5.53. The number of rotatable bonds is 3. The minimum atomic E-state index is 0.00866. The van der Waals surface area contributed by atoms with E-state index in [2.05, 4.69) is 14.8 Å². The van der Waals surface area contributed by atoms with Gasteiger partial charge in [-0.15, -0.1) is 10.2 Å². The van der Waals surface area contributed by atoms with E-state index < -0.39 is 0 Å². The lowest BCUT2D eigenvalue weighted by Gasteiger charge is -2.12. The molecule has 2 heterocycles. The van der Waals surface area contributed by atoms with Crippen molar-refractivity contribution in [2.45, 2.75) is 32.9 Å². The highest BCUT2D eigenvalue weighted by molar-refractivity contribution is 5.00. The zero-order valence-corrected chi connectivity index (χ0v) is 9.27. The fraction of sp³-hybridized carbons (Fsp3) is 0.800. The summed E-state index contributed by atoms with van der Waals surface area (Å²) in [6, 6.07) is 0. The molecule has 0 amide bonds. The molecule has 1 aromatic heterocycles. The van der Waals surface area contributed by atoms with Crippen molar-refractivity contribution in [1.82, 2.24) is 14.8 Å². The normalized spacial score (nSPS) is 18.3. The summed E-state index contributed by atoms with van der Waals surface area (Å²) in [5.74, 6) is 1.92. The molecule has 0 aliphatic carbocycles. The van der Waals surface area contributed by atoms with Crippen LogP contribution in [0, 0.1) is 0 Å². The minimum Gasteiger partial charge on any atom is -0.379 e. The fourth-order valence-corrected chi connectivity index (χ4v) is 1.82. The first kappa shape index (κ1) is 10.6. The summed E-state index contributed by atoms with van der Waals surface area (Å²) in [6.45, 7) is 6.98. The zero-order valence-electron chi connectivity index (χ0n) is 9.27. The van der Waals surface area contributed by atoms with Crippen LogP contribution in [-0.2, 0) is 22.4 Å². The third kappa shape index (κ3) is 2.18. The monoisotopic (exact) mass is 211 g/mol. The van der Waals surface area contributed by atoms with Crippen LogP contribution >= 0.6 is 0 Å². The van der Waals surface area contributed by atoms with Crippen LogP contribution in [-0.4, -0.2) is 34.6 Å². The maximum Gasteiger partial charge on any atom is 0.162 e. The van der Waals surface area contributed by atoms with Gasteiger partial charge in [0.05, 0.1) is 13.2 Å². The molecule has 0 radical (unpaired) electrons. The van der Waals surface area contributed by atoms with Crippen molar-refractivity contribution in [3.63, 3.8) is 0 Å². The van der Waals surface area contributed by atoms with E-state index in [0.717, 1.165) is 37.8 Å². The molecule has 1 unspecified atom stereocenters. The second-order valence-electron chi connectivity index (χ2n) is 3.59. The minimum absolute atomic E-state index is 0.00866. The molecule has 5 nitrogen and oxygen atoms in total. The van der Waals surface area contributed by atoms with Crippen molar-refractivity contribution in [2.24, 2.45) is 0 Å². The summed E-state index contributed by atoms with van der Waals surface area (Å²) in [4.78, 5) is 0. The molecule has 15 heavy (non-hydrogen) atoms. The highest BCUT2D eigenvalue weighted by atomic mass is 16.5. The summed E-state index contributed by atoms with van der Waals surface area (Å²) < 4.78 is 13.0. The third-order valence-corrected chi connectivity index (χ3v) is 2.57. The lowest BCUT2D eigenvalue weighted by atomic mass is 10.3. The van der Waals surface area contributed by atoms with Gasteiger partial charge in [-0.3, -0.25) is 0 Å². The van der Waals surface area contributed by atoms with Crippen LogP contribution in [0.3, 0.4) is 0 Å². The average Bonchev–Trinajstić information content (AvgIpc) is 2.48. The summed E-state index contributed by atoms with van der Waals surface area (Å²) in [5.41, 5.74) is 0. The Morgan fingerprint density at radius 2 is 2.33 bits per heavy atom. The van der Waals surface area contributed by atoms with E-state index in [1.54, 1.807) is 0 Å². The highest BCUT2D eigenvalue weighted by Crippen LogP contribution is 2.17. The molecule has 84 valence electrons. The van der Waals surface area contributed by atoms with E-state index in [4.69, 9.17) is 9.47 Å². The Balaban J connectivity index is 2.21. The van der Waals surface area contributed by atoms with Gasteiger partial charge in [-0.25, -0.2) is 0 Å². The van der Waals surface area contributed by atoms with E-state index in [1.807, 2.05) is 13.8 Å². The van der Waals surface area contributed by atoms with Gasteiger partial charge < -0.3 is 14.0 Å². The smallest absolute Gasteiger partial charge is 0.162 e. The quantitative estimate of drug-likeness (QED) is 0.747. The molecule has 1 aliphatic rings. The third-order valence-electron chi connectivity index (χ3n) is 2.57. The SMILES string of the molecule is CCOC(C)c1nnc2n1CCOCC2.